The average molecular weight is 766 g/mol. The van der Waals surface area contributed by atoms with E-state index in [9.17, 15) is 0 Å². The first-order valence-corrected chi connectivity index (χ1v) is 21.5. The summed E-state index contributed by atoms with van der Waals surface area (Å²) in [4.78, 5) is 3.86. The van der Waals surface area contributed by atoms with Crippen LogP contribution in [0.15, 0.2) is 217 Å². The lowest BCUT2D eigenvalue weighted by molar-refractivity contribution is 0.851. The lowest BCUT2D eigenvalue weighted by atomic mass is 9.89. The summed E-state index contributed by atoms with van der Waals surface area (Å²) in [5.41, 5.74) is 13.8. The van der Waals surface area contributed by atoms with Gasteiger partial charge < -0.3 is 4.90 Å². The molecular weight excluding hydrogens is 727 g/mol. The maximum atomic E-state index is 2.52. The van der Waals surface area contributed by atoms with Crippen molar-refractivity contribution >= 4 is 54.6 Å². The van der Waals surface area contributed by atoms with Gasteiger partial charge >= 0.3 is 0 Å². The summed E-state index contributed by atoms with van der Waals surface area (Å²) in [6.07, 6.45) is 17.3. The molecule has 8 aromatic rings. The average Bonchev–Trinajstić information content (AvgIpc) is 3.85. The highest BCUT2D eigenvalue weighted by Gasteiger charge is 2.34. The fourth-order valence-electron chi connectivity index (χ4n) is 8.86. The number of fused-ring (bicyclic) bond motifs is 6. The third kappa shape index (κ3) is 6.28. The van der Waals surface area contributed by atoms with Crippen LogP contribution in [0, 0.1) is 0 Å². The Bertz CT molecular complexity index is 2930. The number of nitrogens with zero attached hydrogens (tertiary/aromatic N) is 1. The summed E-state index contributed by atoms with van der Waals surface area (Å²) < 4.78 is 2.71. The van der Waals surface area contributed by atoms with E-state index in [1.54, 1.807) is 0 Å². The Kier molecular flexibility index (Phi) is 8.64. The molecule has 11 rings (SSSR count). The van der Waals surface area contributed by atoms with Crippen molar-refractivity contribution < 1.29 is 0 Å². The molecule has 3 unspecified atom stereocenters. The molecule has 3 heteroatoms. The first kappa shape index (κ1) is 34.1. The third-order valence-corrected chi connectivity index (χ3v) is 14.3. The van der Waals surface area contributed by atoms with Gasteiger partial charge in [-0.15, -0.1) is 23.1 Å². The second kappa shape index (κ2) is 14.4. The smallest absolute Gasteiger partial charge is 0.0467 e. The molecule has 0 fully saturated rings. The molecule has 0 saturated heterocycles. The molecule has 2 heterocycles. The van der Waals surface area contributed by atoms with Gasteiger partial charge in [0.1, 0.15) is 0 Å². The molecule has 0 N–H and O–H groups in total. The zero-order valence-electron chi connectivity index (χ0n) is 31.3. The SMILES string of the molecule is C1=CCC(c2cccc(N(C3=CC4c5ccc(-c6cccc7c6sc6ccccc67)cc5SC4C=C3)c3cccc(-c4ccc(-c5ccccc5)cc4)c3)c2)C=C1. The van der Waals surface area contributed by atoms with Crippen molar-refractivity contribution in [3.8, 4) is 33.4 Å². The number of anilines is 2. The summed E-state index contributed by atoms with van der Waals surface area (Å²) in [5, 5.41) is 3.05. The Balaban J connectivity index is 0.972. The largest absolute Gasteiger partial charge is 0.311 e. The Morgan fingerprint density at radius 1 is 0.544 bits per heavy atom. The van der Waals surface area contributed by atoms with Gasteiger partial charge in [0.2, 0.25) is 0 Å². The van der Waals surface area contributed by atoms with E-state index in [-0.39, 0.29) is 5.92 Å². The van der Waals surface area contributed by atoms with Crippen LogP contribution in [0.25, 0.3) is 53.6 Å². The molecule has 3 aliphatic rings. The van der Waals surface area contributed by atoms with Crippen LogP contribution in [0.3, 0.4) is 0 Å². The fourth-order valence-corrected chi connectivity index (χ4v) is 11.5. The summed E-state index contributed by atoms with van der Waals surface area (Å²) in [6, 6.07) is 60.6. The van der Waals surface area contributed by atoms with E-state index in [1.165, 1.54) is 81.0 Å². The molecule has 7 aromatic carbocycles. The summed E-state index contributed by atoms with van der Waals surface area (Å²) in [5.74, 6) is 0.655. The van der Waals surface area contributed by atoms with Crippen LogP contribution in [-0.4, -0.2) is 5.25 Å². The van der Waals surface area contributed by atoms with Crippen LogP contribution in [0.5, 0.6) is 0 Å². The van der Waals surface area contributed by atoms with Gasteiger partial charge in [0, 0.05) is 59.2 Å². The number of hydrogen-bond donors (Lipinski definition) is 0. The summed E-state index contributed by atoms with van der Waals surface area (Å²) in [6.45, 7) is 0. The van der Waals surface area contributed by atoms with Crippen molar-refractivity contribution in [1.29, 1.82) is 0 Å². The predicted molar refractivity (Wildman–Crippen MR) is 246 cm³/mol. The second-order valence-corrected chi connectivity index (χ2v) is 17.4. The van der Waals surface area contributed by atoms with Crippen molar-refractivity contribution in [1.82, 2.24) is 0 Å². The van der Waals surface area contributed by atoms with E-state index < -0.39 is 0 Å². The Labute approximate surface area is 342 Å². The highest BCUT2D eigenvalue weighted by molar-refractivity contribution is 8.00. The molecule has 0 radical (unpaired) electrons. The van der Waals surface area contributed by atoms with Crippen LogP contribution in [0.4, 0.5) is 11.4 Å². The van der Waals surface area contributed by atoms with E-state index in [0.717, 1.165) is 12.1 Å². The minimum Gasteiger partial charge on any atom is -0.311 e. The Morgan fingerprint density at radius 3 is 2.12 bits per heavy atom. The van der Waals surface area contributed by atoms with Crippen molar-refractivity contribution in [3.63, 3.8) is 0 Å². The molecule has 3 atom stereocenters. The van der Waals surface area contributed by atoms with Gasteiger partial charge in [0.15, 0.2) is 0 Å². The Hall–Kier alpha value is -6.13. The maximum absolute atomic E-state index is 2.52. The van der Waals surface area contributed by atoms with Crippen LogP contribution < -0.4 is 4.90 Å². The van der Waals surface area contributed by atoms with Gasteiger partial charge in [-0.1, -0.05) is 164 Å². The lowest BCUT2D eigenvalue weighted by Gasteiger charge is -2.31. The van der Waals surface area contributed by atoms with Crippen LogP contribution in [0.2, 0.25) is 0 Å². The highest BCUT2D eigenvalue weighted by atomic mass is 32.2. The van der Waals surface area contributed by atoms with Crippen molar-refractivity contribution in [2.45, 2.75) is 28.4 Å². The molecule has 57 heavy (non-hydrogen) atoms. The maximum Gasteiger partial charge on any atom is 0.0467 e. The summed E-state index contributed by atoms with van der Waals surface area (Å²) in [7, 11) is 0. The van der Waals surface area contributed by atoms with Crippen molar-refractivity contribution in [3.05, 3.63) is 223 Å². The van der Waals surface area contributed by atoms with E-state index in [2.05, 4.69) is 211 Å². The third-order valence-electron chi connectivity index (χ3n) is 11.7. The van der Waals surface area contributed by atoms with E-state index >= 15 is 0 Å². The monoisotopic (exact) mass is 765 g/mol. The molecule has 1 aliphatic heterocycles. The summed E-state index contributed by atoms with van der Waals surface area (Å²) >= 11 is 3.91. The van der Waals surface area contributed by atoms with E-state index in [0.29, 0.717) is 11.2 Å². The molecular formula is C54H39NS2. The number of thiophene rings is 1. The molecule has 1 nitrogen and oxygen atoms in total. The number of hydrogen-bond acceptors (Lipinski definition) is 3. The quantitative estimate of drug-likeness (QED) is 0.159. The Morgan fingerprint density at radius 2 is 1.26 bits per heavy atom. The predicted octanol–water partition coefficient (Wildman–Crippen LogP) is 15.5. The topological polar surface area (TPSA) is 3.24 Å². The van der Waals surface area contributed by atoms with Gasteiger partial charge in [-0.3, -0.25) is 0 Å². The van der Waals surface area contributed by atoms with Gasteiger partial charge in [0.05, 0.1) is 0 Å². The number of allylic oxidation sites excluding steroid dienone is 6. The number of benzene rings is 7. The first-order valence-electron chi connectivity index (χ1n) is 19.8. The zero-order valence-corrected chi connectivity index (χ0v) is 33.0. The van der Waals surface area contributed by atoms with Crippen LogP contribution in [0.1, 0.15) is 29.4 Å². The van der Waals surface area contributed by atoms with Crippen molar-refractivity contribution in [2.75, 3.05) is 4.90 Å². The molecule has 0 bridgehead atoms. The van der Waals surface area contributed by atoms with Gasteiger partial charge in [-0.25, -0.2) is 0 Å². The van der Waals surface area contributed by atoms with Gasteiger partial charge in [-0.05, 0) is 93.4 Å². The second-order valence-electron chi connectivity index (χ2n) is 15.2. The normalized spacial score (nSPS) is 18.1. The molecule has 272 valence electrons. The molecule has 2 aliphatic carbocycles. The molecule has 0 saturated carbocycles. The van der Waals surface area contributed by atoms with Gasteiger partial charge in [0.25, 0.3) is 0 Å². The zero-order chi connectivity index (χ0) is 37.7. The molecule has 0 spiro atoms. The van der Waals surface area contributed by atoms with E-state index in [4.69, 9.17) is 0 Å². The highest BCUT2D eigenvalue weighted by Crippen LogP contribution is 2.52. The number of thioether (sulfide) groups is 1. The van der Waals surface area contributed by atoms with E-state index in [1.807, 2.05) is 23.1 Å². The standard InChI is InChI=1S/C54H39NS2/c1-3-12-36(13-4-1)38-24-26-39(27-25-38)41-17-10-19-44(33-41)55(43-18-9-16-40(32-43)37-14-5-2-6-15-37)45-29-31-52-50(35-45)48-30-28-42(34-53(48)56-52)46-21-11-22-49-47-20-7-8-23-51(47)57-54(46)49/h1-14,16-35,37,50,52H,15H2. The first-order chi connectivity index (χ1) is 28.2. The number of rotatable bonds is 7. The minimum atomic E-state index is 0.282. The minimum absolute atomic E-state index is 0.282. The van der Waals surface area contributed by atoms with Crippen molar-refractivity contribution in [2.24, 2.45) is 0 Å². The van der Waals surface area contributed by atoms with Crippen LogP contribution >= 0.6 is 23.1 Å². The van der Waals surface area contributed by atoms with Gasteiger partial charge in [-0.2, -0.15) is 0 Å². The fraction of sp³-hybridized carbons (Fsp3) is 0.0741. The molecule has 1 aromatic heterocycles. The van der Waals surface area contributed by atoms with Crippen LogP contribution in [-0.2, 0) is 0 Å². The molecule has 0 amide bonds. The lowest BCUT2D eigenvalue weighted by Crippen LogP contribution is -2.20.